The third-order valence-corrected chi connectivity index (χ3v) is 2.33. The van der Waals surface area contributed by atoms with Crippen LogP contribution in [0.3, 0.4) is 0 Å². The highest BCUT2D eigenvalue weighted by molar-refractivity contribution is 5.91. The lowest BCUT2D eigenvalue weighted by molar-refractivity contribution is -0.134. The molecule has 3 nitrogen and oxygen atoms in total. The Morgan fingerprint density at radius 2 is 1.88 bits per heavy atom. The fourth-order valence-electron chi connectivity index (χ4n) is 1.40. The molecular formula is C13H16O3. The van der Waals surface area contributed by atoms with E-state index in [-0.39, 0.29) is 5.97 Å². The Balaban J connectivity index is 2.95. The molecule has 0 aliphatic heterocycles. The molecule has 0 heterocycles. The molecule has 0 spiro atoms. The van der Waals surface area contributed by atoms with E-state index in [1.807, 2.05) is 31.2 Å². The molecule has 0 unspecified atom stereocenters. The van der Waals surface area contributed by atoms with Crippen LogP contribution in [-0.2, 0) is 9.53 Å². The van der Waals surface area contributed by atoms with Crippen molar-refractivity contribution in [1.29, 1.82) is 0 Å². The van der Waals surface area contributed by atoms with Gasteiger partial charge in [-0.15, -0.1) is 0 Å². The van der Waals surface area contributed by atoms with Gasteiger partial charge in [0, 0.05) is 6.08 Å². The molecule has 0 N–H and O–H groups in total. The van der Waals surface area contributed by atoms with E-state index in [4.69, 9.17) is 4.74 Å². The van der Waals surface area contributed by atoms with Gasteiger partial charge >= 0.3 is 5.97 Å². The number of methoxy groups -OCH3 is 2. The summed E-state index contributed by atoms with van der Waals surface area (Å²) in [4.78, 5) is 11.2. The third-order valence-electron chi connectivity index (χ3n) is 2.33. The van der Waals surface area contributed by atoms with Crippen molar-refractivity contribution in [2.24, 2.45) is 0 Å². The van der Waals surface area contributed by atoms with Crippen molar-refractivity contribution in [1.82, 2.24) is 0 Å². The predicted octanol–water partition coefficient (Wildman–Crippen LogP) is 2.66. The number of esters is 1. The minimum absolute atomic E-state index is 0.326. The molecular weight excluding hydrogens is 204 g/mol. The van der Waals surface area contributed by atoms with Crippen LogP contribution >= 0.6 is 0 Å². The fourth-order valence-corrected chi connectivity index (χ4v) is 1.40. The first-order chi connectivity index (χ1) is 7.71. The number of allylic oxidation sites excluding steroid dienone is 1. The van der Waals surface area contributed by atoms with Gasteiger partial charge in [0.25, 0.3) is 0 Å². The minimum Gasteiger partial charge on any atom is -0.497 e. The molecule has 0 amide bonds. The second kappa shape index (κ2) is 5.95. The zero-order valence-corrected chi connectivity index (χ0v) is 9.82. The van der Waals surface area contributed by atoms with Crippen molar-refractivity contribution in [3.8, 4) is 5.75 Å². The molecule has 0 radical (unpaired) electrons. The molecule has 3 heteroatoms. The first-order valence-corrected chi connectivity index (χ1v) is 5.14. The van der Waals surface area contributed by atoms with Crippen molar-refractivity contribution >= 4 is 11.5 Å². The maximum Gasteiger partial charge on any atom is 0.330 e. The first kappa shape index (κ1) is 12.3. The molecule has 1 rings (SSSR count). The van der Waals surface area contributed by atoms with Gasteiger partial charge in [-0.05, 0) is 29.7 Å². The van der Waals surface area contributed by atoms with Gasteiger partial charge in [0.05, 0.1) is 14.2 Å². The van der Waals surface area contributed by atoms with E-state index in [9.17, 15) is 4.79 Å². The largest absolute Gasteiger partial charge is 0.497 e. The average molecular weight is 220 g/mol. The smallest absolute Gasteiger partial charge is 0.330 e. The van der Waals surface area contributed by atoms with Gasteiger partial charge in [-0.25, -0.2) is 4.79 Å². The van der Waals surface area contributed by atoms with E-state index >= 15 is 0 Å². The molecule has 0 aromatic heterocycles. The summed E-state index contributed by atoms with van der Waals surface area (Å²) in [5.41, 5.74) is 1.96. The van der Waals surface area contributed by atoms with E-state index in [0.29, 0.717) is 0 Å². The van der Waals surface area contributed by atoms with Gasteiger partial charge in [-0.3, -0.25) is 0 Å². The quantitative estimate of drug-likeness (QED) is 0.578. The Labute approximate surface area is 95.7 Å². The van der Waals surface area contributed by atoms with Crippen LogP contribution < -0.4 is 4.74 Å². The summed E-state index contributed by atoms with van der Waals surface area (Å²) in [6.45, 7) is 2.00. The van der Waals surface area contributed by atoms with Crippen LogP contribution in [0, 0.1) is 0 Å². The number of benzene rings is 1. The topological polar surface area (TPSA) is 35.5 Å². The van der Waals surface area contributed by atoms with Gasteiger partial charge in [0.15, 0.2) is 0 Å². The van der Waals surface area contributed by atoms with E-state index in [2.05, 4.69) is 4.74 Å². The number of ether oxygens (including phenoxy) is 2. The van der Waals surface area contributed by atoms with Gasteiger partial charge in [-0.1, -0.05) is 19.1 Å². The van der Waals surface area contributed by atoms with Crippen molar-refractivity contribution in [2.45, 2.75) is 13.3 Å². The normalized spacial score (nSPS) is 11.1. The van der Waals surface area contributed by atoms with Gasteiger partial charge < -0.3 is 9.47 Å². The number of hydrogen-bond donors (Lipinski definition) is 0. The van der Waals surface area contributed by atoms with Gasteiger partial charge in [0.2, 0.25) is 0 Å². The van der Waals surface area contributed by atoms with E-state index < -0.39 is 0 Å². The molecule has 86 valence electrons. The maximum atomic E-state index is 11.2. The van der Waals surface area contributed by atoms with Crippen LogP contribution in [0.1, 0.15) is 18.9 Å². The lowest BCUT2D eigenvalue weighted by Gasteiger charge is -2.06. The molecule has 0 saturated heterocycles. The van der Waals surface area contributed by atoms with Gasteiger partial charge in [0.1, 0.15) is 5.75 Å². The average Bonchev–Trinajstić information content (AvgIpc) is 2.35. The molecule has 0 fully saturated rings. The van der Waals surface area contributed by atoms with Crippen LogP contribution in [0.25, 0.3) is 5.57 Å². The summed E-state index contributed by atoms with van der Waals surface area (Å²) in [6, 6.07) is 7.60. The molecule has 0 atom stereocenters. The molecule has 1 aromatic carbocycles. The summed E-state index contributed by atoms with van der Waals surface area (Å²) in [6.07, 6.45) is 2.29. The van der Waals surface area contributed by atoms with Crippen LogP contribution in [0.5, 0.6) is 5.75 Å². The predicted molar refractivity (Wildman–Crippen MR) is 63.3 cm³/mol. The second-order valence-electron chi connectivity index (χ2n) is 3.27. The zero-order valence-electron chi connectivity index (χ0n) is 9.82. The van der Waals surface area contributed by atoms with Crippen molar-refractivity contribution in [3.63, 3.8) is 0 Å². The zero-order chi connectivity index (χ0) is 12.0. The Hall–Kier alpha value is -1.77. The van der Waals surface area contributed by atoms with Crippen LogP contribution in [0.2, 0.25) is 0 Å². The Bertz CT molecular complexity index is 377. The van der Waals surface area contributed by atoms with Crippen LogP contribution in [0.15, 0.2) is 30.3 Å². The highest BCUT2D eigenvalue weighted by Crippen LogP contribution is 2.21. The van der Waals surface area contributed by atoms with Gasteiger partial charge in [-0.2, -0.15) is 0 Å². The molecule has 0 aliphatic rings. The molecule has 16 heavy (non-hydrogen) atoms. The lowest BCUT2D eigenvalue weighted by atomic mass is 10.0. The number of carbonyl (C=O) groups excluding carboxylic acids is 1. The van der Waals surface area contributed by atoms with E-state index in [0.717, 1.165) is 23.3 Å². The summed E-state index contributed by atoms with van der Waals surface area (Å²) in [5.74, 6) is 0.477. The fraction of sp³-hybridized carbons (Fsp3) is 0.308. The van der Waals surface area contributed by atoms with Crippen molar-refractivity contribution in [2.75, 3.05) is 14.2 Å². The van der Waals surface area contributed by atoms with E-state index in [1.165, 1.54) is 13.2 Å². The lowest BCUT2D eigenvalue weighted by Crippen LogP contribution is -1.96. The highest BCUT2D eigenvalue weighted by Gasteiger charge is 2.03. The Kier molecular flexibility index (Phi) is 4.58. The second-order valence-corrected chi connectivity index (χ2v) is 3.27. The Morgan fingerprint density at radius 3 is 2.31 bits per heavy atom. The summed E-state index contributed by atoms with van der Waals surface area (Å²) in [7, 11) is 3.00. The highest BCUT2D eigenvalue weighted by atomic mass is 16.5. The monoisotopic (exact) mass is 220 g/mol. The number of hydrogen-bond acceptors (Lipinski definition) is 3. The molecule has 1 aromatic rings. The van der Waals surface area contributed by atoms with Crippen molar-refractivity contribution in [3.05, 3.63) is 35.9 Å². The van der Waals surface area contributed by atoms with Crippen LogP contribution in [0.4, 0.5) is 0 Å². The molecule has 0 bridgehead atoms. The summed E-state index contributed by atoms with van der Waals surface area (Å²) in [5, 5.41) is 0. The maximum absolute atomic E-state index is 11.2. The van der Waals surface area contributed by atoms with Crippen LogP contribution in [-0.4, -0.2) is 20.2 Å². The minimum atomic E-state index is -0.326. The van der Waals surface area contributed by atoms with E-state index in [1.54, 1.807) is 7.11 Å². The first-order valence-electron chi connectivity index (χ1n) is 5.14. The molecule has 0 aliphatic carbocycles. The summed E-state index contributed by atoms with van der Waals surface area (Å²) < 4.78 is 9.68. The third kappa shape index (κ3) is 3.12. The number of carbonyl (C=O) groups is 1. The van der Waals surface area contributed by atoms with Crippen molar-refractivity contribution < 1.29 is 14.3 Å². The standard InChI is InChI=1S/C13H16O3/c1-4-10(9-13(14)16-3)11-5-7-12(15-2)8-6-11/h5-9H,4H2,1-3H3/b10-9+. The number of rotatable bonds is 4. The summed E-state index contributed by atoms with van der Waals surface area (Å²) >= 11 is 0. The Morgan fingerprint density at radius 1 is 1.25 bits per heavy atom. The molecule has 0 saturated carbocycles. The SMILES string of the molecule is CC/C(=C\C(=O)OC)c1ccc(OC)cc1.